The summed E-state index contributed by atoms with van der Waals surface area (Å²) >= 11 is 0. The van der Waals surface area contributed by atoms with Crippen molar-refractivity contribution in [1.82, 2.24) is 10.2 Å². The summed E-state index contributed by atoms with van der Waals surface area (Å²) in [5.74, 6) is -0.740. The van der Waals surface area contributed by atoms with Gasteiger partial charge in [0, 0.05) is 13.1 Å². The molecular weight excluding hydrogens is 510 g/mol. The fourth-order valence-corrected chi connectivity index (χ4v) is 5.72. The number of para-hydroxylation sites is 1. The SMILES string of the molecule is CCCNC(=O)[C@@H](C)N(Cc1ccc(C)cc1)C(=O)CN(c1ccccc1CC)S(=O)(=O)c1ccc(C)cc1. The highest BCUT2D eigenvalue weighted by molar-refractivity contribution is 7.92. The number of amides is 2. The first-order chi connectivity index (χ1) is 18.6. The number of sulfonamides is 1. The maximum absolute atomic E-state index is 14.0. The Kier molecular flexibility index (Phi) is 10.3. The lowest BCUT2D eigenvalue weighted by Crippen LogP contribution is -2.51. The molecule has 0 spiro atoms. The molecule has 0 bridgehead atoms. The predicted octanol–water partition coefficient (Wildman–Crippen LogP) is 5.00. The van der Waals surface area contributed by atoms with E-state index in [2.05, 4.69) is 5.32 Å². The summed E-state index contributed by atoms with van der Waals surface area (Å²) in [7, 11) is -4.09. The predicted molar refractivity (Wildman–Crippen MR) is 156 cm³/mol. The minimum Gasteiger partial charge on any atom is -0.354 e. The van der Waals surface area contributed by atoms with Gasteiger partial charge in [-0.15, -0.1) is 0 Å². The standard InChI is InChI=1S/C31H39N3O4S/c1-6-20-32-31(36)25(5)33(21-26-16-12-23(3)13-17-26)30(35)22-34(29-11-9-8-10-27(29)7-2)39(37,38)28-18-14-24(4)15-19-28/h8-19,25H,6-7,20-22H2,1-5H3,(H,32,36)/t25-/m1/s1. The van der Waals surface area contributed by atoms with Gasteiger partial charge in [0.2, 0.25) is 11.8 Å². The van der Waals surface area contributed by atoms with Gasteiger partial charge in [-0.2, -0.15) is 0 Å². The molecule has 0 fully saturated rings. The molecule has 0 saturated carbocycles. The largest absolute Gasteiger partial charge is 0.354 e. The Morgan fingerprint density at radius 1 is 0.872 bits per heavy atom. The van der Waals surface area contributed by atoms with Crippen molar-refractivity contribution in [3.63, 3.8) is 0 Å². The van der Waals surface area contributed by atoms with Crippen molar-refractivity contribution in [2.45, 2.75) is 64.9 Å². The van der Waals surface area contributed by atoms with Gasteiger partial charge in [0.1, 0.15) is 12.6 Å². The summed E-state index contributed by atoms with van der Waals surface area (Å²) in [5, 5.41) is 2.86. The van der Waals surface area contributed by atoms with Crippen LogP contribution in [0.3, 0.4) is 0 Å². The molecule has 0 aliphatic heterocycles. The highest BCUT2D eigenvalue weighted by Crippen LogP contribution is 2.28. The maximum atomic E-state index is 14.0. The van der Waals surface area contributed by atoms with Crippen LogP contribution in [0.4, 0.5) is 5.69 Å². The summed E-state index contributed by atoms with van der Waals surface area (Å²) in [6, 6.07) is 20.7. The first kappa shape index (κ1) is 29.9. The second-order valence-corrected chi connectivity index (χ2v) is 11.6. The second-order valence-electron chi connectivity index (χ2n) is 9.78. The number of hydrogen-bond donors (Lipinski definition) is 1. The van der Waals surface area contributed by atoms with E-state index in [9.17, 15) is 18.0 Å². The Balaban J connectivity index is 2.05. The zero-order valence-corrected chi connectivity index (χ0v) is 24.3. The Bertz CT molecular complexity index is 1370. The lowest BCUT2D eigenvalue weighted by molar-refractivity contribution is -0.139. The van der Waals surface area contributed by atoms with Crippen molar-refractivity contribution in [1.29, 1.82) is 0 Å². The molecule has 3 aromatic carbocycles. The summed E-state index contributed by atoms with van der Waals surface area (Å²) < 4.78 is 29.2. The number of aryl methyl sites for hydroxylation is 3. The smallest absolute Gasteiger partial charge is 0.264 e. The molecule has 39 heavy (non-hydrogen) atoms. The Hall–Kier alpha value is -3.65. The maximum Gasteiger partial charge on any atom is 0.264 e. The van der Waals surface area contributed by atoms with Crippen LogP contribution in [-0.4, -0.2) is 44.3 Å². The van der Waals surface area contributed by atoms with Crippen molar-refractivity contribution in [3.05, 3.63) is 95.1 Å². The van der Waals surface area contributed by atoms with Crippen LogP contribution < -0.4 is 9.62 Å². The summed E-state index contributed by atoms with van der Waals surface area (Å²) in [6.45, 7) is 9.67. The molecule has 0 aliphatic carbocycles. The third-order valence-electron chi connectivity index (χ3n) is 6.72. The van der Waals surface area contributed by atoms with Gasteiger partial charge in [0.25, 0.3) is 10.0 Å². The van der Waals surface area contributed by atoms with Crippen LogP contribution in [0.15, 0.2) is 77.7 Å². The van der Waals surface area contributed by atoms with Crippen molar-refractivity contribution in [3.8, 4) is 0 Å². The molecule has 0 saturated heterocycles. The number of nitrogens with one attached hydrogen (secondary N) is 1. The first-order valence-corrected chi connectivity index (χ1v) is 14.8. The lowest BCUT2D eigenvalue weighted by atomic mass is 10.1. The monoisotopic (exact) mass is 549 g/mol. The molecular formula is C31H39N3O4S. The molecule has 208 valence electrons. The highest BCUT2D eigenvalue weighted by atomic mass is 32.2. The molecule has 1 N–H and O–H groups in total. The van der Waals surface area contributed by atoms with Crippen molar-refractivity contribution in [2.75, 3.05) is 17.4 Å². The molecule has 3 aromatic rings. The van der Waals surface area contributed by atoms with Gasteiger partial charge in [-0.3, -0.25) is 13.9 Å². The van der Waals surface area contributed by atoms with E-state index in [0.29, 0.717) is 18.7 Å². The zero-order chi connectivity index (χ0) is 28.6. The van der Waals surface area contributed by atoms with Crippen molar-refractivity contribution < 1.29 is 18.0 Å². The molecule has 7 nitrogen and oxygen atoms in total. The zero-order valence-electron chi connectivity index (χ0n) is 23.5. The molecule has 1 atom stereocenters. The third-order valence-corrected chi connectivity index (χ3v) is 8.49. The topological polar surface area (TPSA) is 86.8 Å². The van der Waals surface area contributed by atoms with Gasteiger partial charge in [0.15, 0.2) is 0 Å². The van der Waals surface area contributed by atoms with E-state index in [1.165, 1.54) is 9.21 Å². The van der Waals surface area contributed by atoms with Gasteiger partial charge < -0.3 is 10.2 Å². The minimum absolute atomic E-state index is 0.102. The molecule has 0 heterocycles. The fraction of sp³-hybridized carbons (Fsp3) is 0.355. The van der Waals surface area contributed by atoms with Gasteiger partial charge in [-0.1, -0.05) is 79.6 Å². The van der Waals surface area contributed by atoms with Gasteiger partial charge in [-0.25, -0.2) is 8.42 Å². The van der Waals surface area contributed by atoms with E-state index in [-0.39, 0.29) is 17.3 Å². The molecule has 8 heteroatoms. The third kappa shape index (κ3) is 7.47. The summed E-state index contributed by atoms with van der Waals surface area (Å²) in [4.78, 5) is 28.5. The molecule has 3 rings (SSSR count). The molecule has 2 amide bonds. The van der Waals surface area contributed by atoms with Gasteiger partial charge in [-0.05, 0) is 62.9 Å². The number of rotatable bonds is 12. The van der Waals surface area contributed by atoms with E-state index in [1.807, 2.05) is 64.1 Å². The van der Waals surface area contributed by atoms with Crippen LogP contribution in [0.2, 0.25) is 0 Å². The average Bonchev–Trinajstić information content (AvgIpc) is 2.93. The van der Waals surface area contributed by atoms with Crippen LogP contribution in [0.25, 0.3) is 0 Å². The van der Waals surface area contributed by atoms with E-state index < -0.39 is 28.5 Å². The Morgan fingerprint density at radius 3 is 2.05 bits per heavy atom. The Morgan fingerprint density at radius 2 is 1.46 bits per heavy atom. The van der Waals surface area contributed by atoms with Crippen molar-refractivity contribution >= 4 is 27.5 Å². The molecule has 0 aliphatic rings. The normalized spacial score (nSPS) is 12.0. The number of nitrogens with zero attached hydrogens (tertiary/aromatic N) is 2. The van der Waals surface area contributed by atoms with E-state index in [4.69, 9.17) is 0 Å². The lowest BCUT2D eigenvalue weighted by Gasteiger charge is -2.32. The minimum atomic E-state index is -4.09. The summed E-state index contributed by atoms with van der Waals surface area (Å²) in [5.41, 5.74) is 4.12. The Labute approximate surface area is 232 Å². The first-order valence-electron chi connectivity index (χ1n) is 13.4. The van der Waals surface area contributed by atoms with Crippen LogP contribution in [-0.2, 0) is 32.6 Å². The van der Waals surface area contributed by atoms with Crippen molar-refractivity contribution in [2.24, 2.45) is 0 Å². The number of carbonyl (C=O) groups excluding carboxylic acids is 2. The van der Waals surface area contributed by atoms with Gasteiger partial charge >= 0.3 is 0 Å². The number of anilines is 1. The average molecular weight is 550 g/mol. The number of benzene rings is 3. The number of hydrogen-bond acceptors (Lipinski definition) is 4. The van der Waals surface area contributed by atoms with Crippen LogP contribution in [0, 0.1) is 13.8 Å². The van der Waals surface area contributed by atoms with Crippen LogP contribution in [0.1, 0.15) is 49.4 Å². The second kappa shape index (κ2) is 13.4. The quantitative estimate of drug-likeness (QED) is 0.344. The molecule has 0 radical (unpaired) electrons. The summed E-state index contributed by atoms with van der Waals surface area (Å²) in [6.07, 6.45) is 1.36. The molecule has 0 unspecified atom stereocenters. The highest BCUT2D eigenvalue weighted by Gasteiger charge is 2.33. The van der Waals surface area contributed by atoms with Crippen LogP contribution >= 0.6 is 0 Å². The fourth-order valence-electron chi connectivity index (χ4n) is 4.27. The van der Waals surface area contributed by atoms with E-state index in [1.54, 1.807) is 43.3 Å². The van der Waals surface area contributed by atoms with Gasteiger partial charge in [0.05, 0.1) is 10.6 Å². The molecule has 0 aromatic heterocycles. The number of carbonyl (C=O) groups is 2. The van der Waals surface area contributed by atoms with E-state index in [0.717, 1.165) is 28.7 Å². The van der Waals surface area contributed by atoms with Crippen LogP contribution in [0.5, 0.6) is 0 Å². The van der Waals surface area contributed by atoms with E-state index >= 15 is 0 Å².